The van der Waals surface area contributed by atoms with E-state index in [4.69, 9.17) is 4.74 Å². The van der Waals surface area contributed by atoms with Gasteiger partial charge in [-0.3, -0.25) is 9.69 Å². The van der Waals surface area contributed by atoms with Crippen molar-refractivity contribution in [2.24, 2.45) is 0 Å². The smallest absolute Gasteiger partial charge is 0.216 e. The summed E-state index contributed by atoms with van der Waals surface area (Å²) in [6.45, 7) is 10.1. The van der Waals surface area contributed by atoms with Crippen molar-refractivity contribution in [2.75, 3.05) is 26.2 Å². The molecule has 1 aliphatic rings. The normalized spacial score (nSPS) is 18.9. The van der Waals surface area contributed by atoms with Crippen LogP contribution in [0, 0.1) is 13.8 Å². The highest BCUT2D eigenvalue weighted by Gasteiger charge is 2.21. The van der Waals surface area contributed by atoms with Crippen LogP contribution >= 0.6 is 0 Å². The SMILES string of the molecule is CC(=O)NCCC1CN(Cc2cccc3c(C)c(C)[nH]c23)CCO1. The van der Waals surface area contributed by atoms with Gasteiger partial charge < -0.3 is 15.0 Å². The molecule has 1 amide bonds. The number of aromatic nitrogens is 1. The number of amides is 1. The van der Waals surface area contributed by atoms with E-state index in [1.807, 2.05) is 0 Å². The number of morpholine rings is 1. The van der Waals surface area contributed by atoms with Crippen LogP contribution in [0.15, 0.2) is 18.2 Å². The average molecular weight is 329 g/mol. The summed E-state index contributed by atoms with van der Waals surface area (Å²) in [6.07, 6.45) is 1.05. The van der Waals surface area contributed by atoms with Gasteiger partial charge in [0.1, 0.15) is 0 Å². The molecule has 5 heteroatoms. The van der Waals surface area contributed by atoms with E-state index >= 15 is 0 Å². The van der Waals surface area contributed by atoms with Crippen LogP contribution in [0.3, 0.4) is 0 Å². The number of rotatable bonds is 5. The first-order valence-electron chi connectivity index (χ1n) is 8.69. The number of nitrogens with zero attached hydrogens (tertiary/aromatic N) is 1. The number of carbonyl (C=O) groups excluding carboxylic acids is 1. The maximum Gasteiger partial charge on any atom is 0.216 e. The Bertz CT molecular complexity index is 723. The minimum atomic E-state index is 0.0202. The number of ether oxygens (including phenoxy) is 1. The van der Waals surface area contributed by atoms with Crippen molar-refractivity contribution in [1.82, 2.24) is 15.2 Å². The lowest BCUT2D eigenvalue weighted by Gasteiger charge is -2.33. The number of carbonyl (C=O) groups is 1. The number of aromatic amines is 1. The molecule has 2 aromatic rings. The zero-order valence-corrected chi connectivity index (χ0v) is 14.8. The van der Waals surface area contributed by atoms with E-state index in [2.05, 4.69) is 47.2 Å². The van der Waals surface area contributed by atoms with Gasteiger partial charge >= 0.3 is 0 Å². The first-order valence-corrected chi connectivity index (χ1v) is 8.69. The third-order valence-electron chi connectivity index (χ3n) is 4.89. The Morgan fingerprint density at radius 1 is 1.42 bits per heavy atom. The molecule has 2 heterocycles. The Morgan fingerprint density at radius 3 is 3.04 bits per heavy atom. The standard InChI is InChI=1S/C19H27N3O2/c1-13-14(2)21-19-16(5-4-6-18(13)19)11-22-9-10-24-17(12-22)7-8-20-15(3)23/h4-6,17,21H,7-12H2,1-3H3,(H,20,23). The zero-order chi connectivity index (χ0) is 17.1. The van der Waals surface area contributed by atoms with Crippen molar-refractivity contribution >= 4 is 16.8 Å². The van der Waals surface area contributed by atoms with Gasteiger partial charge in [-0.05, 0) is 31.4 Å². The summed E-state index contributed by atoms with van der Waals surface area (Å²) < 4.78 is 5.84. The van der Waals surface area contributed by atoms with Crippen molar-refractivity contribution in [1.29, 1.82) is 0 Å². The molecule has 1 aromatic heterocycles. The number of hydrogen-bond acceptors (Lipinski definition) is 3. The van der Waals surface area contributed by atoms with Gasteiger partial charge in [0.15, 0.2) is 0 Å². The number of para-hydroxylation sites is 1. The van der Waals surface area contributed by atoms with E-state index in [1.165, 1.54) is 27.7 Å². The molecule has 24 heavy (non-hydrogen) atoms. The lowest BCUT2D eigenvalue weighted by molar-refractivity contribution is -0.119. The molecule has 1 unspecified atom stereocenters. The second kappa shape index (κ2) is 7.36. The van der Waals surface area contributed by atoms with Crippen LogP contribution in [-0.4, -0.2) is 48.1 Å². The Morgan fingerprint density at radius 2 is 2.25 bits per heavy atom. The molecular formula is C19H27N3O2. The molecule has 2 N–H and O–H groups in total. The second-order valence-electron chi connectivity index (χ2n) is 6.71. The van der Waals surface area contributed by atoms with E-state index in [-0.39, 0.29) is 12.0 Å². The largest absolute Gasteiger partial charge is 0.375 e. The molecule has 1 aliphatic heterocycles. The van der Waals surface area contributed by atoms with Crippen molar-refractivity contribution in [2.45, 2.75) is 39.8 Å². The molecule has 3 rings (SSSR count). The Labute approximate surface area is 143 Å². The van der Waals surface area contributed by atoms with Crippen LogP contribution < -0.4 is 5.32 Å². The Kier molecular flexibility index (Phi) is 5.21. The monoisotopic (exact) mass is 329 g/mol. The predicted octanol–water partition coefficient (Wildman–Crippen LogP) is 2.51. The molecule has 1 saturated heterocycles. The molecule has 1 atom stereocenters. The maximum absolute atomic E-state index is 11.0. The van der Waals surface area contributed by atoms with Crippen molar-refractivity contribution < 1.29 is 9.53 Å². The van der Waals surface area contributed by atoms with E-state index in [1.54, 1.807) is 6.92 Å². The van der Waals surface area contributed by atoms with Gasteiger partial charge in [-0.1, -0.05) is 18.2 Å². The molecule has 0 spiro atoms. The van der Waals surface area contributed by atoms with Crippen LogP contribution in [0.2, 0.25) is 0 Å². The van der Waals surface area contributed by atoms with Gasteiger partial charge in [-0.15, -0.1) is 0 Å². The number of benzene rings is 1. The predicted molar refractivity (Wildman–Crippen MR) is 96.1 cm³/mol. The van der Waals surface area contributed by atoms with Gasteiger partial charge in [0.05, 0.1) is 18.2 Å². The number of fused-ring (bicyclic) bond motifs is 1. The summed E-state index contributed by atoms with van der Waals surface area (Å²) in [5.74, 6) is 0.0202. The fourth-order valence-electron chi connectivity index (χ4n) is 3.42. The van der Waals surface area contributed by atoms with E-state index in [0.717, 1.165) is 32.7 Å². The van der Waals surface area contributed by atoms with Crippen LogP contribution in [0.4, 0.5) is 0 Å². The summed E-state index contributed by atoms with van der Waals surface area (Å²) in [5.41, 5.74) is 5.18. The van der Waals surface area contributed by atoms with Crippen molar-refractivity contribution in [3.63, 3.8) is 0 Å². The van der Waals surface area contributed by atoms with Gasteiger partial charge in [0.2, 0.25) is 5.91 Å². The average Bonchev–Trinajstić information content (AvgIpc) is 2.84. The number of nitrogens with one attached hydrogen (secondary N) is 2. The summed E-state index contributed by atoms with van der Waals surface area (Å²) in [5, 5.41) is 4.17. The first-order chi connectivity index (χ1) is 11.5. The topological polar surface area (TPSA) is 57.4 Å². The lowest BCUT2D eigenvalue weighted by Crippen LogP contribution is -2.43. The van der Waals surface area contributed by atoms with Crippen molar-refractivity contribution in [3.8, 4) is 0 Å². The summed E-state index contributed by atoms with van der Waals surface area (Å²) in [6, 6.07) is 6.54. The maximum atomic E-state index is 11.0. The highest BCUT2D eigenvalue weighted by molar-refractivity contribution is 5.87. The zero-order valence-electron chi connectivity index (χ0n) is 14.8. The molecule has 0 aliphatic carbocycles. The fraction of sp³-hybridized carbons (Fsp3) is 0.526. The highest BCUT2D eigenvalue weighted by atomic mass is 16.5. The van der Waals surface area contributed by atoms with Gasteiger partial charge in [0.25, 0.3) is 0 Å². The summed E-state index contributed by atoms with van der Waals surface area (Å²) >= 11 is 0. The Hall–Kier alpha value is -1.85. The quantitative estimate of drug-likeness (QED) is 0.886. The van der Waals surface area contributed by atoms with Crippen LogP contribution in [-0.2, 0) is 16.1 Å². The number of H-pyrrole nitrogens is 1. The van der Waals surface area contributed by atoms with Gasteiger partial charge in [0, 0.05) is 44.2 Å². The van der Waals surface area contributed by atoms with Gasteiger partial charge in [-0.2, -0.15) is 0 Å². The van der Waals surface area contributed by atoms with Gasteiger partial charge in [-0.25, -0.2) is 0 Å². The van der Waals surface area contributed by atoms with E-state index < -0.39 is 0 Å². The third-order valence-corrected chi connectivity index (χ3v) is 4.89. The molecule has 0 saturated carbocycles. The minimum Gasteiger partial charge on any atom is -0.375 e. The second-order valence-corrected chi connectivity index (χ2v) is 6.71. The van der Waals surface area contributed by atoms with Crippen LogP contribution in [0.1, 0.15) is 30.2 Å². The molecule has 1 fully saturated rings. The van der Waals surface area contributed by atoms with Crippen molar-refractivity contribution in [3.05, 3.63) is 35.0 Å². The van der Waals surface area contributed by atoms with Crippen LogP contribution in [0.5, 0.6) is 0 Å². The minimum absolute atomic E-state index is 0.0202. The summed E-state index contributed by atoms with van der Waals surface area (Å²) in [7, 11) is 0. The molecule has 1 aromatic carbocycles. The lowest BCUT2D eigenvalue weighted by atomic mass is 10.1. The first kappa shape index (κ1) is 17.0. The number of aryl methyl sites for hydroxylation is 2. The molecule has 0 radical (unpaired) electrons. The highest BCUT2D eigenvalue weighted by Crippen LogP contribution is 2.25. The van der Waals surface area contributed by atoms with Crippen LogP contribution in [0.25, 0.3) is 10.9 Å². The molecule has 130 valence electrons. The third kappa shape index (κ3) is 3.79. The Balaban J connectivity index is 1.65. The molecule has 0 bridgehead atoms. The number of hydrogen-bond donors (Lipinski definition) is 2. The molecule has 5 nitrogen and oxygen atoms in total. The van der Waals surface area contributed by atoms with E-state index in [9.17, 15) is 4.79 Å². The molecular weight excluding hydrogens is 302 g/mol. The van der Waals surface area contributed by atoms with E-state index in [0.29, 0.717) is 6.54 Å². The summed E-state index contributed by atoms with van der Waals surface area (Å²) in [4.78, 5) is 17.0. The fourth-order valence-corrected chi connectivity index (χ4v) is 3.42.